The number of rotatable bonds is 2. The molecule has 7 heteroatoms. The van der Waals surface area contributed by atoms with Crippen molar-refractivity contribution in [3.63, 3.8) is 0 Å². The average Bonchev–Trinajstić information content (AvgIpc) is 2.84. The number of carbonyl (C=O) groups is 1. The number of halogens is 3. The molecule has 0 aliphatic rings. The number of nitrogens with two attached hydrogens (primary N) is 1. The minimum absolute atomic E-state index is 0.00433. The molecule has 0 unspecified atom stereocenters. The van der Waals surface area contributed by atoms with Crippen molar-refractivity contribution in [2.45, 2.75) is 6.18 Å². The monoisotopic (exact) mass is 320 g/mol. The Bertz CT molecular complexity index is 884. The third-order valence-corrected chi connectivity index (χ3v) is 3.29. The summed E-state index contributed by atoms with van der Waals surface area (Å²) in [6, 6.07) is 11.1. The zero-order chi connectivity index (χ0) is 16.6. The first kappa shape index (κ1) is 15.0. The van der Waals surface area contributed by atoms with Gasteiger partial charge in [0, 0.05) is 11.1 Å². The number of alkyl halides is 3. The number of hydrogen-bond donors (Lipinski definition) is 2. The SMILES string of the molecule is Nc1c(C(=O)Nc2cccc(C(F)(F)F)c2)oc2ccccc12. The molecule has 0 fully saturated rings. The maximum Gasteiger partial charge on any atom is 0.416 e. The molecule has 0 aliphatic heterocycles. The van der Waals surface area contributed by atoms with Gasteiger partial charge < -0.3 is 15.5 Å². The smallest absolute Gasteiger partial charge is 0.416 e. The van der Waals surface area contributed by atoms with Crippen LogP contribution in [0.25, 0.3) is 11.0 Å². The minimum Gasteiger partial charge on any atom is -0.449 e. The van der Waals surface area contributed by atoms with Crippen LogP contribution in [0.15, 0.2) is 52.9 Å². The Morgan fingerprint density at radius 1 is 1.09 bits per heavy atom. The first-order valence-corrected chi connectivity index (χ1v) is 6.62. The second kappa shape index (κ2) is 5.35. The van der Waals surface area contributed by atoms with Crippen LogP contribution in [0.3, 0.4) is 0 Å². The van der Waals surface area contributed by atoms with E-state index >= 15 is 0 Å². The van der Waals surface area contributed by atoms with Crippen molar-refractivity contribution in [1.29, 1.82) is 0 Å². The summed E-state index contributed by atoms with van der Waals surface area (Å²) in [5.74, 6) is -0.846. The summed E-state index contributed by atoms with van der Waals surface area (Å²) in [5.41, 5.74) is 5.58. The molecule has 0 saturated heterocycles. The van der Waals surface area contributed by atoms with Crippen molar-refractivity contribution >= 4 is 28.3 Å². The average molecular weight is 320 g/mol. The molecule has 23 heavy (non-hydrogen) atoms. The van der Waals surface area contributed by atoms with Crippen LogP contribution in [0.4, 0.5) is 24.5 Å². The molecular weight excluding hydrogens is 309 g/mol. The fraction of sp³-hybridized carbons (Fsp3) is 0.0625. The zero-order valence-electron chi connectivity index (χ0n) is 11.6. The molecule has 0 bridgehead atoms. The highest BCUT2D eigenvalue weighted by Crippen LogP contribution is 2.32. The van der Waals surface area contributed by atoms with Gasteiger partial charge in [0.05, 0.1) is 11.3 Å². The predicted octanol–water partition coefficient (Wildman–Crippen LogP) is 4.29. The molecule has 4 nitrogen and oxygen atoms in total. The first-order chi connectivity index (χ1) is 10.9. The number of para-hydroxylation sites is 1. The number of fused-ring (bicyclic) bond motifs is 1. The topological polar surface area (TPSA) is 68.3 Å². The number of benzene rings is 2. The first-order valence-electron chi connectivity index (χ1n) is 6.62. The molecular formula is C16H11F3N2O2. The van der Waals surface area contributed by atoms with Crippen molar-refractivity contribution in [3.8, 4) is 0 Å². The van der Waals surface area contributed by atoms with Gasteiger partial charge in [0.1, 0.15) is 5.58 Å². The number of nitrogen functional groups attached to an aromatic ring is 1. The highest BCUT2D eigenvalue weighted by Gasteiger charge is 2.30. The summed E-state index contributed by atoms with van der Waals surface area (Å²) >= 11 is 0. The van der Waals surface area contributed by atoms with Crippen LogP contribution < -0.4 is 11.1 Å². The predicted molar refractivity (Wildman–Crippen MR) is 80.0 cm³/mol. The maximum absolute atomic E-state index is 12.7. The number of nitrogens with one attached hydrogen (secondary N) is 1. The lowest BCUT2D eigenvalue weighted by Gasteiger charge is -2.09. The largest absolute Gasteiger partial charge is 0.449 e. The number of carbonyl (C=O) groups excluding carboxylic acids is 1. The summed E-state index contributed by atoms with van der Waals surface area (Å²) in [6.07, 6.45) is -4.49. The number of hydrogen-bond acceptors (Lipinski definition) is 3. The van der Waals surface area contributed by atoms with Crippen molar-refractivity contribution < 1.29 is 22.4 Å². The second-order valence-corrected chi connectivity index (χ2v) is 4.87. The van der Waals surface area contributed by atoms with Crippen LogP contribution in [-0.4, -0.2) is 5.91 Å². The van der Waals surface area contributed by atoms with Gasteiger partial charge in [-0.3, -0.25) is 4.79 Å². The van der Waals surface area contributed by atoms with E-state index < -0.39 is 17.6 Å². The van der Waals surface area contributed by atoms with Crippen LogP contribution in [0.2, 0.25) is 0 Å². The molecule has 0 radical (unpaired) electrons. The van der Waals surface area contributed by atoms with E-state index in [9.17, 15) is 18.0 Å². The highest BCUT2D eigenvalue weighted by molar-refractivity contribution is 6.10. The highest BCUT2D eigenvalue weighted by atomic mass is 19.4. The number of amides is 1. The Labute approximate surface area is 128 Å². The van der Waals surface area contributed by atoms with E-state index in [4.69, 9.17) is 10.2 Å². The van der Waals surface area contributed by atoms with Crippen molar-refractivity contribution in [3.05, 3.63) is 59.9 Å². The lowest BCUT2D eigenvalue weighted by Crippen LogP contribution is -2.13. The Kier molecular flexibility index (Phi) is 3.48. The second-order valence-electron chi connectivity index (χ2n) is 4.87. The van der Waals surface area contributed by atoms with Crippen LogP contribution >= 0.6 is 0 Å². The minimum atomic E-state index is -4.49. The Morgan fingerprint density at radius 2 is 1.83 bits per heavy atom. The van der Waals surface area contributed by atoms with E-state index in [1.165, 1.54) is 12.1 Å². The summed E-state index contributed by atoms with van der Waals surface area (Å²) in [5, 5.41) is 2.93. The molecule has 3 aromatic rings. The lowest BCUT2D eigenvalue weighted by atomic mass is 10.2. The van der Waals surface area contributed by atoms with Crippen LogP contribution in [0.5, 0.6) is 0 Å². The van der Waals surface area contributed by atoms with Crippen LogP contribution in [-0.2, 0) is 6.18 Å². The standard InChI is InChI=1S/C16H11F3N2O2/c17-16(18,19)9-4-3-5-10(8-9)21-15(22)14-13(20)11-6-1-2-7-12(11)23-14/h1-8H,20H2,(H,21,22). The van der Waals surface area contributed by atoms with Gasteiger partial charge in [-0.05, 0) is 30.3 Å². The van der Waals surface area contributed by atoms with E-state index in [2.05, 4.69) is 5.32 Å². The summed E-state index contributed by atoms with van der Waals surface area (Å²) in [6.45, 7) is 0. The van der Waals surface area contributed by atoms with Gasteiger partial charge in [0.2, 0.25) is 5.76 Å². The van der Waals surface area contributed by atoms with Gasteiger partial charge in [-0.25, -0.2) is 0 Å². The molecule has 1 amide bonds. The van der Waals surface area contributed by atoms with Crippen molar-refractivity contribution in [1.82, 2.24) is 0 Å². The molecule has 2 aromatic carbocycles. The Balaban J connectivity index is 1.91. The van der Waals surface area contributed by atoms with E-state index in [0.29, 0.717) is 11.0 Å². The summed E-state index contributed by atoms with van der Waals surface area (Å²) < 4.78 is 43.4. The van der Waals surface area contributed by atoms with E-state index in [-0.39, 0.29) is 17.1 Å². The zero-order valence-corrected chi connectivity index (χ0v) is 11.6. The molecule has 0 aliphatic carbocycles. The molecule has 1 heterocycles. The van der Waals surface area contributed by atoms with Gasteiger partial charge in [0.25, 0.3) is 5.91 Å². The molecule has 3 rings (SSSR count). The number of anilines is 2. The van der Waals surface area contributed by atoms with Gasteiger partial charge in [-0.2, -0.15) is 13.2 Å². The summed E-state index contributed by atoms with van der Waals surface area (Å²) in [7, 11) is 0. The molecule has 118 valence electrons. The Hall–Kier alpha value is -2.96. The quantitative estimate of drug-likeness (QED) is 0.740. The van der Waals surface area contributed by atoms with Crippen molar-refractivity contribution in [2.24, 2.45) is 0 Å². The molecule has 0 spiro atoms. The fourth-order valence-electron chi connectivity index (χ4n) is 2.20. The van der Waals surface area contributed by atoms with Gasteiger partial charge >= 0.3 is 6.18 Å². The molecule has 3 N–H and O–H groups in total. The maximum atomic E-state index is 12.7. The van der Waals surface area contributed by atoms with Crippen LogP contribution in [0, 0.1) is 0 Å². The molecule has 1 aromatic heterocycles. The van der Waals surface area contributed by atoms with E-state index in [1.54, 1.807) is 24.3 Å². The lowest BCUT2D eigenvalue weighted by molar-refractivity contribution is -0.137. The fourth-order valence-corrected chi connectivity index (χ4v) is 2.20. The van der Waals surface area contributed by atoms with Gasteiger partial charge in [-0.1, -0.05) is 18.2 Å². The van der Waals surface area contributed by atoms with Crippen LogP contribution in [0.1, 0.15) is 16.1 Å². The van der Waals surface area contributed by atoms with E-state index in [1.807, 2.05) is 0 Å². The molecule has 0 saturated carbocycles. The van der Waals surface area contributed by atoms with Gasteiger partial charge in [-0.15, -0.1) is 0 Å². The number of furan rings is 1. The normalized spacial score (nSPS) is 11.6. The van der Waals surface area contributed by atoms with Gasteiger partial charge in [0.15, 0.2) is 0 Å². The summed E-state index contributed by atoms with van der Waals surface area (Å²) in [4.78, 5) is 12.2. The van der Waals surface area contributed by atoms with E-state index in [0.717, 1.165) is 12.1 Å². The Morgan fingerprint density at radius 3 is 2.52 bits per heavy atom. The third kappa shape index (κ3) is 2.85. The molecule has 0 atom stereocenters. The van der Waals surface area contributed by atoms with Crippen molar-refractivity contribution in [2.75, 3.05) is 11.1 Å². The third-order valence-electron chi connectivity index (χ3n) is 3.29.